The number of rotatable bonds is 0. The Bertz CT molecular complexity index is 254. The fourth-order valence-electron chi connectivity index (χ4n) is 0.506. The smallest absolute Gasteiger partial charge is 0.0698 e. The molecule has 0 bridgehead atoms. The fraction of sp³-hybridized carbons (Fsp3) is 0. The van der Waals surface area contributed by atoms with Crippen molar-refractivity contribution in [2.75, 3.05) is 0 Å². The number of thiophene rings is 2. The lowest BCUT2D eigenvalue weighted by Gasteiger charge is -1.62. The average Bonchev–Trinajstić information content (AvgIpc) is 2.63. The van der Waals surface area contributed by atoms with E-state index in [0.717, 1.165) is 0 Å². The zero-order valence-corrected chi connectivity index (χ0v) is 10.8. The lowest BCUT2D eigenvalue weighted by atomic mass is 10.7. The summed E-state index contributed by atoms with van der Waals surface area (Å²) in [6, 6.07) is 6.05. The molecule has 0 atom stereocenters. The molecule has 0 aliphatic heterocycles. The van der Waals surface area contributed by atoms with Crippen LogP contribution < -0.4 is 0 Å². The molecule has 0 amide bonds. The van der Waals surface area contributed by atoms with Gasteiger partial charge in [-0.25, -0.2) is 0 Å². The summed E-state index contributed by atoms with van der Waals surface area (Å²) in [5.74, 6) is 0. The molecule has 0 aliphatic rings. The molecule has 0 nitrogen and oxygen atoms in total. The van der Waals surface area contributed by atoms with Crippen LogP contribution in [-0.4, -0.2) is 0 Å². The highest BCUT2D eigenvalue weighted by Gasteiger charge is 1.77. The van der Waals surface area contributed by atoms with Gasteiger partial charge >= 0.3 is 0 Å². The second-order valence-electron chi connectivity index (χ2n) is 1.86. The third-order valence-electron chi connectivity index (χ3n) is 0.973. The number of hydrogen-bond acceptors (Lipinski definition) is 2. The van der Waals surface area contributed by atoms with Crippen molar-refractivity contribution in [2.45, 2.75) is 0 Å². The van der Waals surface area contributed by atoms with Crippen LogP contribution in [0.3, 0.4) is 0 Å². The largest absolute Gasteiger partial charge is 0.151 e. The summed E-state index contributed by atoms with van der Waals surface area (Å²) in [4.78, 5) is 0. The molecule has 0 aliphatic carbocycles. The Balaban J connectivity index is 0.000000120. The zero-order chi connectivity index (χ0) is 8.81. The summed E-state index contributed by atoms with van der Waals surface area (Å²) in [6.45, 7) is 0. The van der Waals surface area contributed by atoms with Crippen LogP contribution in [0.25, 0.3) is 0 Å². The van der Waals surface area contributed by atoms with Gasteiger partial charge in [-0.2, -0.15) is 11.3 Å². The summed E-state index contributed by atoms with van der Waals surface area (Å²) >= 11 is 9.98. The van der Waals surface area contributed by atoms with E-state index in [1.165, 1.54) is 8.26 Å². The van der Waals surface area contributed by atoms with Crippen molar-refractivity contribution in [2.24, 2.45) is 0 Å². The van der Waals surface area contributed by atoms with Crippen molar-refractivity contribution >= 4 is 54.5 Å². The van der Waals surface area contributed by atoms with Crippen molar-refractivity contribution in [3.63, 3.8) is 0 Å². The van der Waals surface area contributed by atoms with Crippen LogP contribution in [0.1, 0.15) is 0 Å². The quantitative estimate of drug-likeness (QED) is 0.638. The van der Waals surface area contributed by atoms with Gasteiger partial charge in [0.2, 0.25) is 0 Å². The van der Waals surface area contributed by atoms with Gasteiger partial charge in [0.15, 0.2) is 0 Å². The molecule has 0 aromatic carbocycles. The van der Waals surface area contributed by atoms with Crippen LogP contribution in [0, 0.1) is 0 Å². The Labute approximate surface area is 96.5 Å². The maximum absolute atomic E-state index is 3.30. The van der Waals surface area contributed by atoms with E-state index in [2.05, 4.69) is 31.9 Å². The van der Waals surface area contributed by atoms with Crippen LogP contribution in [0.4, 0.5) is 0 Å². The highest BCUT2D eigenvalue weighted by molar-refractivity contribution is 9.11. The van der Waals surface area contributed by atoms with E-state index in [4.69, 9.17) is 0 Å². The van der Waals surface area contributed by atoms with Crippen molar-refractivity contribution in [3.05, 3.63) is 42.6 Å². The van der Waals surface area contributed by atoms with Gasteiger partial charge in [-0.05, 0) is 54.8 Å². The van der Waals surface area contributed by atoms with Gasteiger partial charge in [0.25, 0.3) is 0 Å². The molecule has 0 saturated heterocycles. The number of halogens is 2. The summed E-state index contributed by atoms with van der Waals surface area (Å²) in [7, 11) is 0. The fourth-order valence-corrected chi connectivity index (χ4v) is 2.57. The molecule has 0 radical (unpaired) electrons. The molecule has 0 saturated carbocycles. The van der Waals surface area contributed by atoms with Crippen LogP contribution in [0.2, 0.25) is 0 Å². The van der Waals surface area contributed by atoms with E-state index in [1.54, 1.807) is 22.7 Å². The molecule has 2 aromatic rings. The summed E-state index contributed by atoms with van der Waals surface area (Å²) < 4.78 is 2.37. The Morgan fingerprint density at radius 1 is 1.08 bits per heavy atom. The topological polar surface area (TPSA) is 0 Å². The maximum Gasteiger partial charge on any atom is 0.0698 e. The predicted octanol–water partition coefficient (Wildman–Crippen LogP) is 5.02. The second-order valence-corrected chi connectivity index (χ2v) is 5.88. The van der Waals surface area contributed by atoms with Gasteiger partial charge in [-0.3, -0.25) is 0 Å². The maximum atomic E-state index is 3.30. The monoisotopic (exact) mass is 324 g/mol. The van der Waals surface area contributed by atoms with Gasteiger partial charge in [-0.15, -0.1) is 11.3 Å². The first-order valence-corrected chi connectivity index (χ1v) is 6.56. The minimum atomic E-state index is 1.17. The average molecular weight is 326 g/mol. The lowest BCUT2D eigenvalue weighted by Crippen LogP contribution is -1.34. The molecule has 2 rings (SSSR count). The van der Waals surface area contributed by atoms with Gasteiger partial charge in [0.1, 0.15) is 0 Å². The van der Waals surface area contributed by atoms with Crippen LogP contribution >= 0.6 is 54.5 Å². The SMILES string of the molecule is Brc1cccs1.Brc1ccsc1. The van der Waals surface area contributed by atoms with Gasteiger partial charge in [-0.1, -0.05) is 6.07 Å². The van der Waals surface area contributed by atoms with Gasteiger partial charge in [0, 0.05) is 9.85 Å². The van der Waals surface area contributed by atoms with Gasteiger partial charge in [0.05, 0.1) is 3.79 Å². The third kappa shape index (κ3) is 4.40. The molecule has 12 heavy (non-hydrogen) atoms. The van der Waals surface area contributed by atoms with E-state index in [9.17, 15) is 0 Å². The van der Waals surface area contributed by atoms with Crippen LogP contribution in [0.5, 0.6) is 0 Å². The predicted molar refractivity (Wildman–Crippen MR) is 64.0 cm³/mol. The van der Waals surface area contributed by atoms with Crippen molar-refractivity contribution in [3.8, 4) is 0 Å². The minimum Gasteiger partial charge on any atom is -0.151 e. The second kappa shape index (κ2) is 5.91. The van der Waals surface area contributed by atoms with Crippen LogP contribution in [-0.2, 0) is 0 Å². The Hall–Kier alpha value is 0.360. The van der Waals surface area contributed by atoms with E-state index in [1.807, 2.05) is 34.3 Å². The lowest BCUT2D eigenvalue weighted by molar-refractivity contribution is 1.90. The molecule has 0 unspecified atom stereocenters. The standard InChI is InChI=1S/2C4H3BrS/c5-4-1-2-6-3-4;5-4-2-1-3-6-4/h2*1-3H. The first kappa shape index (κ1) is 10.4. The molecular weight excluding hydrogens is 320 g/mol. The molecule has 0 fully saturated rings. The molecular formula is C8H6Br2S2. The zero-order valence-electron chi connectivity index (χ0n) is 6.04. The Kier molecular flexibility index (Phi) is 5.14. The summed E-state index contributed by atoms with van der Waals surface area (Å²) in [5, 5.41) is 6.11. The summed E-state index contributed by atoms with van der Waals surface area (Å²) in [6.07, 6.45) is 0. The van der Waals surface area contributed by atoms with Crippen molar-refractivity contribution < 1.29 is 0 Å². The van der Waals surface area contributed by atoms with Crippen molar-refractivity contribution in [1.29, 1.82) is 0 Å². The first-order chi connectivity index (χ1) is 5.79. The van der Waals surface area contributed by atoms with E-state index in [0.29, 0.717) is 0 Å². The first-order valence-electron chi connectivity index (χ1n) is 3.16. The third-order valence-corrected chi connectivity index (χ3v) is 3.93. The van der Waals surface area contributed by atoms with E-state index in [-0.39, 0.29) is 0 Å². The summed E-state index contributed by atoms with van der Waals surface area (Å²) in [5.41, 5.74) is 0. The normalized spacial score (nSPS) is 8.83. The molecule has 0 spiro atoms. The molecule has 64 valence electrons. The van der Waals surface area contributed by atoms with E-state index >= 15 is 0 Å². The van der Waals surface area contributed by atoms with Crippen molar-refractivity contribution in [1.82, 2.24) is 0 Å². The van der Waals surface area contributed by atoms with Gasteiger partial charge < -0.3 is 0 Å². The minimum absolute atomic E-state index is 1.17. The highest BCUT2D eigenvalue weighted by Crippen LogP contribution is 2.14. The molecule has 2 aromatic heterocycles. The van der Waals surface area contributed by atoms with E-state index < -0.39 is 0 Å². The Morgan fingerprint density at radius 2 is 1.92 bits per heavy atom. The number of hydrogen-bond donors (Lipinski definition) is 0. The van der Waals surface area contributed by atoms with Crippen LogP contribution in [0.15, 0.2) is 42.6 Å². The molecule has 0 N–H and O–H groups in total. The Morgan fingerprint density at radius 3 is 2.08 bits per heavy atom. The molecule has 2 heterocycles. The molecule has 4 heteroatoms. The highest BCUT2D eigenvalue weighted by atomic mass is 79.9.